The molecule has 0 spiro atoms. The lowest BCUT2D eigenvalue weighted by Crippen LogP contribution is -2.27. The third-order valence-corrected chi connectivity index (χ3v) is 4.44. The number of thiocarbonyl (C=S) groups is 1. The van der Waals surface area contributed by atoms with Crippen LogP contribution in [-0.4, -0.2) is 35.2 Å². The summed E-state index contributed by atoms with van der Waals surface area (Å²) in [7, 11) is 3.88. The first-order valence-corrected chi connectivity index (χ1v) is 7.66. The van der Waals surface area contributed by atoms with Crippen molar-refractivity contribution < 1.29 is 4.74 Å². The minimum atomic E-state index is 0.576. The average Bonchev–Trinajstić information content (AvgIpc) is 2.77. The first-order chi connectivity index (χ1) is 10.1. The number of hydrogen-bond donors (Lipinski definition) is 1. The molecule has 2 aromatic rings. The number of likely N-dealkylation sites (N-methyl/N-ethyl adjacent to an activating group) is 1. The van der Waals surface area contributed by atoms with Gasteiger partial charge in [-0.2, -0.15) is 0 Å². The van der Waals surface area contributed by atoms with E-state index in [1.54, 1.807) is 7.11 Å². The molecule has 0 unspecified atom stereocenters. The number of methoxy groups -OCH3 is 1. The Hall–Kier alpha value is -1.59. The van der Waals surface area contributed by atoms with Gasteiger partial charge in [-0.1, -0.05) is 12.2 Å². The lowest BCUT2D eigenvalue weighted by molar-refractivity contribution is 0.309. The third-order valence-electron chi connectivity index (χ3n) is 4.23. The SMILES string of the molecule is COc1ccc2c(c1)c1c(n2CCC(N)=S)CCN(C)C1. The maximum absolute atomic E-state index is 5.69. The summed E-state index contributed by atoms with van der Waals surface area (Å²) < 4.78 is 7.77. The van der Waals surface area contributed by atoms with E-state index >= 15 is 0 Å². The van der Waals surface area contributed by atoms with Crippen molar-refractivity contribution in [2.75, 3.05) is 20.7 Å². The second kappa shape index (κ2) is 5.66. The van der Waals surface area contributed by atoms with Gasteiger partial charge in [-0.05, 0) is 30.8 Å². The van der Waals surface area contributed by atoms with Gasteiger partial charge < -0.3 is 19.9 Å². The molecule has 0 fully saturated rings. The zero-order valence-corrected chi connectivity index (χ0v) is 13.4. The van der Waals surface area contributed by atoms with Crippen LogP contribution in [-0.2, 0) is 19.5 Å². The van der Waals surface area contributed by atoms with Crippen LogP contribution in [0.5, 0.6) is 5.75 Å². The molecule has 2 N–H and O–H groups in total. The molecule has 1 aliphatic heterocycles. The highest BCUT2D eigenvalue weighted by molar-refractivity contribution is 7.80. The van der Waals surface area contributed by atoms with E-state index in [0.29, 0.717) is 4.99 Å². The summed E-state index contributed by atoms with van der Waals surface area (Å²) in [5, 5.41) is 1.29. The number of aryl methyl sites for hydroxylation is 1. The smallest absolute Gasteiger partial charge is 0.119 e. The van der Waals surface area contributed by atoms with Gasteiger partial charge in [0.05, 0.1) is 12.1 Å². The molecule has 0 atom stereocenters. The summed E-state index contributed by atoms with van der Waals surface area (Å²) in [6.45, 7) is 2.93. The number of benzene rings is 1. The van der Waals surface area contributed by atoms with Gasteiger partial charge in [-0.3, -0.25) is 0 Å². The van der Waals surface area contributed by atoms with E-state index in [0.717, 1.165) is 38.2 Å². The van der Waals surface area contributed by atoms with E-state index in [-0.39, 0.29) is 0 Å². The van der Waals surface area contributed by atoms with E-state index in [4.69, 9.17) is 22.7 Å². The van der Waals surface area contributed by atoms with Crippen molar-refractivity contribution in [2.24, 2.45) is 5.73 Å². The third kappa shape index (κ3) is 2.63. The maximum Gasteiger partial charge on any atom is 0.119 e. The Kier molecular flexibility index (Phi) is 3.87. The molecule has 1 aromatic heterocycles. The zero-order valence-electron chi connectivity index (χ0n) is 12.6. The Bertz CT molecular complexity index is 692. The van der Waals surface area contributed by atoms with Crippen LogP contribution in [0.15, 0.2) is 18.2 Å². The van der Waals surface area contributed by atoms with E-state index in [9.17, 15) is 0 Å². The summed E-state index contributed by atoms with van der Waals surface area (Å²) in [5.74, 6) is 0.907. The van der Waals surface area contributed by atoms with Crippen LogP contribution < -0.4 is 10.5 Å². The highest BCUT2D eigenvalue weighted by Gasteiger charge is 2.22. The van der Waals surface area contributed by atoms with Crippen molar-refractivity contribution in [1.29, 1.82) is 0 Å². The van der Waals surface area contributed by atoms with Crippen LogP contribution in [0.25, 0.3) is 10.9 Å². The van der Waals surface area contributed by atoms with Crippen molar-refractivity contribution in [1.82, 2.24) is 9.47 Å². The van der Waals surface area contributed by atoms with Gasteiger partial charge in [-0.25, -0.2) is 0 Å². The Morgan fingerprint density at radius 2 is 2.24 bits per heavy atom. The lowest BCUT2D eigenvalue weighted by Gasteiger charge is -2.24. The number of rotatable bonds is 4. The van der Waals surface area contributed by atoms with Crippen molar-refractivity contribution in [3.8, 4) is 5.75 Å². The second-order valence-electron chi connectivity index (χ2n) is 5.66. The molecule has 0 saturated heterocycles. The zero-order chi connectivity index (χ0) is 15.0. The van der Waals surface area contributed by atoms with Gasteiger partial charge in [0.1, 0.15) is 5.75 Å². The predicted molar refractivity (Wildman–Crippen MR) is 89.9 cm³/mol. The minimum absolute atomic E-state index is 0.576. The quantitative estimate of drug-likeness (QED) is 0.880. The highest BCUT2D eigenvalue weighted by Crippen LogP contribution is 2.33. The average molecular weight is 303 g/mol. The van der Waals surface area contributed by atoms with E-state index in [2.05, 4.69) is 28.6 Å². The topological polar surface area (TPSA) is 43.4 Å². The first-order valence-electron chi connectivity index (χ1n) is 7.25. The predicted octanol–water partition coefficient (Wildman–Crippen LogP) is 2.31. The molecular formula is C16H21N3OS. The van der Waals surface area contributed by atoms with Crippen molar-refractivity contribution in [2.45, 2.75) is 25.9 Å². The van der Waals surface area contributed by atoms with Crippen LogP contribution in [0.2, 0.25) is 0 Å². The number of ether oxygens (including phenoxy) is 1. The van der Waals surface area contributed by atoms with E-state index in [1.165, 1.54) is 22.2 Å². The normalized spacial score (nSPS) is 15.1. The van der Waals surface area contributed by atoms with Gasteiger partial charge in [-0.15, -0.1) is 0 Å². The van der Waals surface area contributed by atoms with Gasteiger partial charge in [0.15, 0.2) is 0 Å². The van der Waals surface area contributed by atoms with Crippen molar-refractivity contribution >= 4 is 28.1 Å². The Morgan fingerprint density at radius 3 is 2.95 bits per heavy atom. The molecule has 0 aliphatic carbocycles. The largest absolute Gasteiger partial charge is 0.497 e. The molecule has 4 nitrogen and oxygen atoms in total. The fourth-order valence-electron chi connectivity index (χ4n) is 3.17. The molecule has 0 radical (unpaired) electrons. The Balaban J connectivity index is 2.14. The van der Waals surface area contributed by atoms with Gasteiger partial charge >= 0.3 is 0 Å². The van der Waals surface area contributed by atoms with Gasteiger partial charge in [0.25, 0.3) is 0 Å². The number of aromatic nitrogens is 1. The molecule has 0 saturated carbocycles. The minimum Gasteiger partial charge on any atom is -0.497 e. The fourth-order valence-corrected chi connectivity index (χ4v) is 3.26. The maximum atomic E-state index is 5.69. The molecular weight excluding hydrogens is 282 g/mol. The number of hydrogen-bond acceptors (Lipinski definition) is 3. The molecule has 5 heteroatoms. The molecule has 2 heterocycles. The summed E-state index contributed by atoms with van der Waals surface area (Å²) in [6.07, 6.45) is 1.81. The molecule has 3 rings (SSSR count). The number of nitrogens with zero attached hydrogens (tertiary/aromatic N) is 2. The summed E-state index contributed by atoms with van der Waals surface area (Å²) in [6, 6.07) is 6.31. The van der Waals surface area contributed by atoms with E-state index in [1.807, 2.05) is 6.07 Å². The van der Waals surface area contributed by atoms with Crippen LogP contribution in [0.4, 0.5) is 0 Å². The molecule has 1 aromatic carbocycles. The fraction of sp³-hybridized carbons (Fsp3) is 0.438. The summed E-state index contributed by atoms with van der Waals surface area (Å²) in [5.41, 5.74) is 9.78. The molecule has 1 aliphatic rings. The Labute approximate surface area is 130 Å². The molecule has 112 valence electrons. The monoisotopic (exact) mass is 303 g/mol. The number of nitrogens with two attached hydrogens (primary N) is 1. The summed E-state index contributed by atoms with van der Waals surface area (Å²) in [4.78, 5) is 2.94. The molecule has 0 bridgehead atoms. The number of fused-ring (bicyclic) bond motifs is 3. The van der Waals surface area contributed by atoms with Gasteiger partial charge in [0.2, 0.25) is 0 Å². The summed E-state index contributed by atoms with van der Waals surface area (Å²) >= 11 is 5.04. The molecule has 0 amide bonds. The van der Waals surface area contributed by atoms with E-state index < -0.39 is 0 Å². The highest BCUT2D eigenvalue weighted by atomic mass is 32.1. The van der Waals surface area contributed by atoms with Crippen LogP contribution in [0, 0.1) is 0 Å². The van der Waals surface area contributed by atoms with Crippen molar-refractivity contribution in [3.63, 3.8) is 0 Å². The molecule has 21 heavy (non-hydrogen) atoms. The first kappa shape index (κ1) is 14.4. The Morgan fingerprint density at radius 1 is 1.43 bits per heavy atom. The second-order valence-corrected chi connectivity index (χ2v) is 6.19. The lowest BCUT2D eigenvalue weighted by atomic mass is 10.0. The van der Waals surface area contributed by atoms with Crippen molar-refractivity contribution in [3.05, 3.63) is 29.5 Å². The van der Waals surface area contributed by atoms with Crippen LogP contribution >= 0.6 is 12.2 Å². The van der Waals surface area contributed by atoms with Gasteiger partial charge in [0, 0.05) is 49.1 Å². The van der Waals surface area contributed by atoms with Crippen LogP contribution in [0.3, 0.4) is 0 Å². The van der Waals surface area contributed by atoms with Crippen LogP contribution in [0.1, 0.15) is 17.7 Å². The standard InChI is InChI=1S/C16H21N3OS/c1-18-7-5-15-13(10-18)12-9-11(20-2)3-4-14(12)19(15)8-6-16(17)21/h3-4,9H,5-8,10H2,1-2H3,(H2,17,21).